The number of nitrogens with one attached hydrogen (secondary N) is 3. The molecule has 0 bridgehead atoms. The highest BCUT2D eigenvalue weighted by molar-refractivity contribution is 6.31. The van der Waals surface area contributed by atoms with E-state index in [1.54, 1.807) is 6.92 Å². The first kappa shape index (κ1) is 80.2. The van der Waals surface area contributed by atoms with E-state index in [2.05, 4.69) is 16.0 Å². The van der Waals surface area contributed by atoms with Gasteiger partial charge in [-0.1, -0.05) is 116 Å². The number of hydrogen-bond donors (Lipinski definition) is 3. The van der Waals surface area contributed by atoms with Crippen molar-refractivity contribution < 1.29 is 75.4 Å². The summed E-state index contributed by atoms with van der Waals surface area (Å²) in [4.78, 5) is 190. The van der Waals surface area contributed by atoms with Crippen LogP contribution in [0.5, 0.6) is 0 Å². The molecule has 1 aromatic rings. The summed E-state index contributed by atoms with van der Waals surface area (Å²) in [6.45, 7) is 5.86. The minimum Gasteiger partial charge on any atom is -0.359 e. The summed E-state index contributed by atoms with van der Waals surface area (Å²) in [5.74, 6) is -9.05. The Labute approximate surface area is 591 Å². The molecule has 1 spiro atoms. The Bertz CT molecular complexity index is 3120. The monoisotopic (exact) mass is 1430 g/mol. The normalized spacial score (nSPS) is 26.8. The van der Waals surface area contributed by atoms with Gasteiger partial charge in [-0.2, -0.15) is 13.2 Å². The molecule has 3 aliphatic carbocycles. The average Bonchev–Trinajstić information content (AvgIpc) is 1.45. The topological polar surface area (TPSA) is 279 Å². The first-order valence-corrected chi connectivity index (χ1v) is 36.3. The number of carbonyl (C=O) groups excluding carboxylic acids is 12. The van der Waals surface area contributed by atoms with Crippen molar-refractivity contribution in [2.45, 2.75) is 223 Å². The minimum atomic E-state index is -4.76. The number of fused-ring (bicyclic) bond motifs is 1. The molecule has 0 aromatic heterocycles. The van der Waals surface area contributed by atoms with Crippen molar-refractivity contribution in [2.24, 2.45) is 23.7 Å². The van der Waals surface area contributed by atoms with Crippen molar-refractivity contribution in [1.29, 1.82) is 0 Å². The fraction of sp³-hybridized carbons (Fsp3) is 0.746. The van der Waals surface area contributed by atoms with E-state index in [1.807, 2.05) is 20.8 Å². The second kappa shape index (κ2) is 35.7. The smallest absolute Gasteiger partial charge is 0.359 e. The van der Waals surface area contributed by atoms with Crippen LogP contribution in [0, 0.1) is 23.7 Å². The average molecular weight is 1430 g/mol. The molecule has 1 aromatic carbocycles. The van der Waals surface area contributed by atoms with Crippen LogP contribution in [-0.2, 0) is 74.9 Å². The van der Waals surface area contributed by atoms with Crippen LogP contribution >= 0.6 is 11.6 Å². The number of likely N-dealkylation sites (N-methyl/N-ethyl adjacent to an activating group) is 7. The van der Waals surface area contributed by atoms with E-state index in [0.29, 0.717) is 44.1 Å². The van der Waals surface area contributed by atoms with Gasteiger partial charge in [-0.3, -0.25) is 57.5 Å². The van der Waals surface area contributed by atoms with Crippen molar-refractivity contribution >= 4 is 82.5 Å². The quantitative estimate of drug-likeness (QED) is 0.256. The lowest BCUT2D eigenvalue weighted by molar-refractivity contribution is -0.157. The van der Waals surface area contributed by atoms with Gasteiger partial charge in [-0.05, 0) is 106 Å². The van der Waals surface area contributed by atoms with Crippen molar-refractivity contribution in [2.75, 3.05) is 95.4 Å². The molecule has 8 atom stereocenters. The molecule has 100 heavy (non-hydrogen) atoms. The first-order chi connectivity index (χ1) is 47.2. The molecule has 558 valence electrons. The van der Waals surface area contributed by atoms with Crippen LogP contribution in [0.2, 0.25) is 5.02 Å². The Hall–Kier alpha value is -7.10. The lowest BCUT2D eigenvalue weighted by Crippen LogP contribution is -2.65. The van der Waals surface area contributed by atoms with Crippen LogP contribution in [0.4, 0.5) is 13.2 Å². The number of hydrogen-bond acceptors (Lipinski definition) is 13. The summed E-state index contributed by atoms with van der Waals surface area (Å²) in [5, 5.41) is 8.14. The van der Waals surface area contributed by atoms with Gasteiger partial charge in [0.25, 0.3) is 0 Å². The number of ether oxygens (including phenoxy) is 1. The molecule has 7 rings (SSSR count). The summed E-state index contributed by atoms with van der Waals surface area (Å²) in [7, 11) is 9.90. The number of rotatable bonds is 11. The summed E-state index contributed by atoms with van der Waals surface area (Å²) in [5.41, 5.74) is -2.36. The van der Waals surface area contributed by atoms with Crippen molar-refractivity contribution in [1.82, 2.24) is 60.0 Å². The highest BCUT2D eigenvalue weighted by atomic mass is 35.5. The molecule has 3 saturated heterocycles. The fourth-order valence-electron chi connectivity index (χ4n) is 15.3. The second-order valence-corrected chi connectivity index (χ2v) is 29.8. The molecule has 12 amide bonds. The molecule has 3 saturated carbocycles. The Morgan fingerprint density at radius 1 is 0.660 bits per heavy atom. The van der Waals surface area contributed by atoms with Crippen LogP contribution < -0.4 is 16.0 Å². The third-order valence-electron chi connectivity index (χ3n) is 21.7. The predicted molar refractivity (Wildman–Crippen MR) is 366 cm³/mol. The van der Waals surface area contributed by atoms with Gasteiger partial charge >= 0.3 is 6.18 Å². The summed E-state index contributed by atoms with van der Waals surface area (Å²) < 4.78 is 47.2. The number of benzene rings is 1. The molecule has 25 nitrogen and oxygen atoms in total. The summed E-state index contributed by atoms with van der Waals surface area (Å²) >= 11 is 6.16. The van der Waals surface area contributed by atoms with Gasteiger partial charge in [-0.15, -0.1) is 0 Å². The zero-order chi connectivity index (χ0) is 73.7. The van der Waals surface area contributed by atoms with Gasteiger partial charge in [0.1, 0.15) is 54.6 Å². The Balaban J connectivity index is 1.28. The molecule has 3 N–H and O–H groups in total. The fourth-order valence-corrected chi connectivity index (χ4v) is 15.6. The maximum atomic E-state index is 15.7. The van der Waals surface area contributed by atoms with Gasteiger partial charge in [-0.25, -0.2) is 0 Å². The summed E-state index contributed by atoms with van der Waals surface area (Å²) in [6.07, 6.45) is 4.60. The zero-order valence-corrected chi connectivity index (χ0v) is 61.2. The second-order valence-electron chi connectivity index (χ2n) is 29.4. The van der Waals surface area contributed by atoms with E-state index in [0.717, 1.165) is 78.2 Å². The van der Waals surface area contributed by atoms with E-state index in [4.69, 9.17) is 16.3 Å². The van der Waals surface area contributed by atoms with Crippen molar-refractivity contribution in [3.63, 3.8) is 0 Å². The Kier molecular flexibility index (Phi) is 28.6. The molecular weight excluding hydrogens is 1320 g/mol. The van der Waals surface area contributed by atoms with Crippen molar-refractivity contribution in [3.8, 4) is 0 Å². The maximum Gasteiger partial charge on any atom is 0.417 e. The highest BCUT2D eigenvalue weighted by Crippen LogP contribution is 2.38. The number of aryl methyl sites for hydroxylation is 1. The van der Waals surface area contributed by atoms with Gasteiger partial charge < -0.3 is 64.8 Å². The largest absolute Gasteiger partial charge is 0.417 e. The number of amides is 12. The van der Waals surface area contributed by atoms with Crippen LogP contribution in [0.3, 0.4) is 0 Å². The molecule has 3 aliphatic heterocycles. The number of halogens is 4. The van der Waals surface area contributed by atoms with E-state index in [9.17, 15) is 46.7 Å². The molecule has 6 fully saturated rings. The summed E-state index contributed by atoms with van der Waals surface area (Å²) in [6, 6.07) is -5.69. The van der Waals surface area contributed by atoms with E-state index >= 15 is 24.0 Å². The lowest BCUT2D eigenvalue weighted by Gasteiger charge is -2.43. The molecule has 0 radical (unpaired) electrons. The zero-order valence-electron chi connectivity index (χ0n) is 60.4. The third-order valence-corrected chi connectivity index (χ3v) is 22.1. The SMILES string of the molecule is CC[C@H](C)[C@@H]1NC(=O)[C@H](CC(C)C)N(C)C(=O)C[C@@H](C(=O)N2CCOC2)N(C)C(=O)[C@H](C2CCCCC2)N(C)C(=O)C2(CCCC2)NC(=O)C2CCCN2C(=O)[C@H](CCc2ccc(C(F)(F)F)c(Cl)c2)NC(=O)CN(C)C(=O)[C@H](CC2CCCCC2)N(C)C(=O)CN(C)C(=O)CN(C)C1=O. The first-order valence-electron chi connectivity index (χ1n) is 35.9. The van der Waals surface area contributed by atoms with Gasteiger partial charge in [0.2, 0.25) is 70.9 Å². The van der Waals surface area contributed by atoms with Gasteiger partial charge in [0, 0.05) is 62.4 Å². The molecule has 3 heterocycles. The van der Waals surface area contributed by atoms with Gasteiger partial charge in [0.05, 0.1) is 43.2 Å². The maximum absolute atomic E-state index is 15.7. The van der Waals surface area contributed by atoms with E-state index < -0.39 is 173 Å². The molecule has 29 heteroatoms. The van der Waals surface area contributed by atoms with Crippen molar-refractivity contribution in [3.05, 3.63) is 34.3 Å². The van der Waals surface area contributed by atoms with Gasteiger partial charge in [0.15, 0.2) is 0 Å². The molecule has 1 unspecified atom stereocenters. The number of alkyl halides is 3. The third kappa shape index (κ3) is 19.9. The molecular formula is C71H108ClF3N12O13. The van der Waals surface area contributed by atoms with Crippen LogP contribution in [0.1, 0.15) is 174 Å². The predicted octanol–water partition coefficient (Wildman–Crippen LogP) is 5.23. The minimum absolute atomic E-state index is 0.0164. The highest BCUT2D eigenvalue weighted by Gasteiger charge is 2.52. The van der Waals surface area contributed by atoms with Crippen LogP contribution in [0.25, 0.3) is 0 Å². The number of nitrogens with zero attached hydrogens (tertiary/aromatic N) is 9. The van der Waals surface area contributed by atoms with Crippen LogP contribution in [-0.4, -0.2) is 258 Å². The number of carbonyl (C=O) groups is 12. The van der Waals surface area contributed by atoms with E-state index in [-0.39, 0.29) is 83.2 Å². The lowest BCUT2D eigenvalue weighted by atomic mass is 9.81. The van der Waals surface area contributed by atoms with Crippen LogP contribution in [0.15, 0.2) is 18.2 Å². The standard InChI is InChI=1S/C71H108ClF3N12O13/c1-12-45(4)60-67(97)81(7)41-58(90)79(5)42-59(91)83(9)54(38-46-22-15-13-16-23-46)65(95)80(6)40-56(88)76-51(30-28-47-27-29-49(50(72)37-47)71(73,74)75)64(94)87-33-21-26-52(87)63(93)78-70(31-19-20-32-70)69(99)85(11)61(48-24-17-14-18-25-48)68(98)84(10)55(66(96)86-34-35-100-43-86)39-57(89)82(8)53(36-44(2)3)62(92)77-60/h27,29,37,44-46,48,51-55,60-61H,12-26,28,30-36,38-43H2,1-11H3,(H,76,88)(H,77,92)(H,78,93)/t45-,51-,52?,53-,54-,55-,60-,61-/m0/s1. The Morgan fingerprint density at radius 2 is 1.28 bits per heavy atom. The molecule has 6 aliphatic rings. The Morgan fingerprint density at radius 3 is 1.88 bits per heavy atom. The van der Waals surface area contributed by atoms with E-state index in [1.165, 1.54) is 84.8 Å².